The Morgan fingerprint density at radius 1 is 1.33 bits per heavy atom. The van der Waals surface area contributed by atoms with Crippen molar-refractivity contribution in [2.24, 2.45) is 0 Å². The molecule has 7 heteroatoms. The van der Waals surface area contributed by atoms with Crippen molar-refractivity contribution >= 4 is 11.7 Å². The number of nitrogen functional groups attached to an aromatic ring is 1. The molecule has 1 aromatic heterocycles. The normalized spacial score (nSPS) is 21.6. The van der Waals surface area contributed by atoms with Crippen LogP contribution in [-0.4, -0.2) is 71.8 Å². The summed E-state index contributed by atoms with van der Waals surface area (Å²) in [4.78, 5) is 16.5. The van der Waals surface area contributed by atoms with Gasteiger partial charge < -0.3 is 15.4 Å². The molecule has 0 saturated carbocycles. The monoisotopic (exact) mass is 293 g/mol. The molecule has 0 aromatic carbocycles. The molecular weight excluding hydrogens is 270 g/mol. The molecule has 1 aromatic rings. The van der Waals surface area contributed by atoms with Crippen molar-refractivity contribution in [2.75, 3.05) is 51.7 Å². The Balaban J connectivity index is 1.47. The number of anilines is 1. The van der Waals surface area contributed by atoms with E-state index in [-0.39, 0.29) is 5.91 Å². The van der Waals surface area contributed by atoms with E-state index in [0.717, 1.165) is 57.9 Å². The number of nitrogens with one attached hydrogen (secondary N) is 1. The Kier molecular flexibility index (Phi) is 4.40. The summed E-state index contributed by atoms with van der Waals surface area (Å²) in [6.45, 7) is 5.32. The van der Waals surface area contributed by atoms with E-state index in [4.69, 9.17) is 10.5 Å². The van der Waals surface area contributed by atoms with Crippen LogP contribution in [0.2, 0.25) is 0 Å². The first-order valence-electron chi connectivity index (χ1n) is 7.61. The van der Waals surface area contributed by atoms with Gasteiger partial charge in [0.1, 0.15) is 5.82 Å². The van der Waals surface area contributed by atoms with Crippen LogP contribution in [0, 0.1) is 0 Å². The lowest BCUT2D eigenvalue weighted by molar-refractivity contribution is -0.134. The number of amides is 1. The summed E-state index contributed by atoms with van der Waals surface area (Å²) < 4.78 is 5.31. The SMILES string of the molecule is Nc1cc(C2CCN(C(=O)CN3CCOCC3)CC2)[nH]n1. The zero-order chi connectivity index (χ0) is 14.7. The minimum Gasteiger partial charge on any atom is -0.382 e. The number of ether oxygens (including phenoxy) is 1. The number of nitrogens with zero attached hydrogens (tertiary/aromatic N) is 3. The second-order valence-corrected chi connectivity index (χ2v) is 5.79. The van der Waals surface area contributed by atoms with Crippen LogP contribution in [0.25, 0.3) is 0 Å². The number of aromatic nitrogens is 2. The van der Waals surface area contributed by atoms with Crippen molar-refractivity contribution in [3.05, 3.63) is 11.8 Å². The average molecular weight is 293 g/mol. The van der Waals surface area contributed by atoms with E-state index in [9.17, 15) is 4.79 Å². The van der Waals surface area contributed by atoms with Crippen molar-refractivity contribution in [2.45, 2.75) is 18.8 Å². The number of hydrogen-bond donors (Lipinski definition) is 2. The first kappa shape index (κ1) is 14.3. The zero-order valence-corrected chi connectivity index (χ0v) is 12.3. The largest absolute Gasteiger partial charge is 0.382 e. The molecule has 2 saturated heterocycles. The predicted molar refractivity (Wildman–Crippen MR) is 78.8 cm³/mol. The molecule has 0 aliphatic carbocycles. The molecule has 0 atom stereocenters. The van der Waals surface area contributed by atoms with Crippen molar-refractivity contribution < 1.29 is 9.53 Å². The molecule has 2 aliphatic rings. The fourth-order valence-electron chi connectivity index (χ4n) is 3.05. The summed E-state index contributed by atoms with van der Waals surface area (Å²) in [6.07, 6.45) is 1.94. The van der Waals surface area contributed by atoms with E-state index < -0.39 is 0 Å². The van der Waals surface area contributed by atoms with Crippen LogP contribution in [0.3, 0.4) is 0 Å². The molecule has 7 nitrogen and oxygen atoms in total. The Hall–Kier alpha value is -1.60. The summed E-state index contributed by atoms with van der Waals surface area (Å²) in [5.74, 6) is 1.21. The van der Waals surface area contributed by atoms with E-state index in [1.165, 1.54) is 0 Å². The maximum atomic E-state index is 12.3. The number of piperidine rings is 1. The number of carbonyl (C=O) groups excluding carboxylic acids is 1. The molecule has 3 rings (SSSR count). The highest BCUT2D eigenvalue weighted by Gasteiger charge is 2.26. The molecule has 0 unspecified atom stereocenters. The van der Waals surface area contributed by atoms with Gasteiger partial charge in [-0.1, -0.05) is 0 Å². The molecule has 0 bridgehead atoms. The number of morpholine rings is 1. The summed E-state index contributed by atoms with van der Waals surface area (Å²) in [5, 5.41) is 6.96. The minimum absolute atomic E-state index is 0.236. The smallest absolute Gasteiger partial charge is 0.236 e. The van der Waals surface area contributed by atoms with E-state index in [1.807, 2.05) is 11.0 Å². The van der Waals surface area contributed by atoms with Crippen molar-refractivity contribution in [3.63, 3.8) is 0 Å². The van der Waals surface area contributed by atoms with Gasteiger partial charge in [0.25, 0.3) is 0 Å². The maximum absolute atomic E-state index is 12.3. The van der Waals surface area contributed by atoms with Gasteiger partial charge >= 0.3 is 0 Å². The molecule has 2 aliphatic heterocycles. The van der Waals surface area contributed by atoms with Crippen LogP contribution >= 0.6 is 0 Å². The molecule has 3 N–H and O–H groups in total. The summed E-state index contributed by atoms with van der Waals surface area (Å²) in [6, 6.07) is 1.90. The van der Waals surface area contributed by atoms with Crippen molar-refractivity contribution in [3.8, 4) is 0 Å². The maximum Gasteiger partial charge on any atom is 0.236 e. The van der Waals surface area contributed by atoms with Gasteiger partial charge in [-0.05, 0) is 12.8 Å². The highest BCUT2D eigenvalue weighted by molar-refractivity contribution is 5.78. The summed E-state index contributed by atoms with van der Waals surface area (Å²) in [5.41, 5.74) is 6.73. The van der Waals surface area contributed by atoms with Gasteiger partial charge in [-0.15, -0.1) is 0 Å². The Morgan fingerprint density at radius 2 is 2.05 bits per heavy atom. The van der Waals surface area contributed by atoms with E-state index in [1.54, 1.807) is 0 Å². The lowest BCUT2D eigenvalue weighted by Crippen LogP contribution is -2.46. The number of carbonyl (C=O) groups is 1. The Labute approximate surface area is 124 Å². The van der Waals surface area contributed by atoms with Crippen molar-refractivity contribution in [1.29, 1.82) is 0 Å². The fourth-order valence-corrected chi connectivity index (χ4v) is 3.05. The highest BCUT2D eigenvalue weighted by atomic mass is 16.5. The lowest BCUT2D eigenvalue weighted by atomic mass is 9.93. The quantitative estimate of drug-likeness (QED) is 0.821. The molecule has 0 spiro atoms. The predicted octanol–water partition coefficient (Wildman–Crippen LogP) is 0.0301. The number of rotatable bonds is 3. The highest BCUT2D eigenvalue weighted by Crippen LogP contribution is 2.27. The van der Waals surface area contributed by atoms with E-state index in [0.29, 0.717) is 18.3 Å². The third-order valence-corrected chi connectivity index (χ3v) is 4.37. The van der Waals surface area contributed by atoms with Gasteiger partial charge in [0.15, 0.2) is 0 Å². The number of H-pyrrole nitrogens is 1. The fraction of sp³-hybridized carbons (Fsp3) is 0.714. The first-order valence-corrected chi connectivity index (χ1v) is 7.61. The minimum atomic E-state index is 0.236. The van der Waals surface area contributed by atoms with Gasteiger partial charge in [0.2, 0.25) is 5.91 Å². The summed E-state index contributed by atoms with van der Waals surface area (Å²) >= 11 is 0. The zero-order valence-electron chi connectivity index (χ0n) is 12.3. The van der Waals surface area contributed by atoms with Gasteiger partial charge in [0, 0.05) is 43.9 Å². The Morgan fingerprint density at radius 3 is 2.67 bits per heavy atom. The van der Waals surface area contributed by atoms with Crippen LogP contribution in [0.5, 0.6) is 0 Å². The standard InChI is InChI=1S/C14H23N5O2/c15-13-9-12(16-17-13)11-1-3-19(4-2-11)14(20)10-18-5-7-21-8-6-18/h9,11H,1-8,10H2,(H3,15,16,17). The number of hydrogen-bond acceptors (Lipinski definition) is 5. The molecule has 1 amide bonds. The van der Waals surface area contributed by atoms with Crippen LogP contribution < -0.4 is 5.73 Å². The van der Waals surface area contributed by atoms with E-state index in [2.05, 4.69) is 15.1 Å². The molecule has 21 heavy (non-hydrogen) atoms. The van der Waals surface area contributed by atoms with Crippen LogP contribution in [0.1, 0.15) is 24.5 Å². The summed E-state index contributed by atoms with van der Waals surface area (Å²) in [7, 11) is 0. The number of likely N-dealkylation sites (tertiary alicyclic amines) is 1. The molecule has 0 radical (unpaired) electrons. The topological polar surface area (TPSA) is 87.5 Å². The van der Waals surface area contributed by atoms with Crippen molar-refractivity contribution in [1.82, 2.24) is 20.0 Å². The first-order chi connectivity index (χ1) is 10.2. The average Bonchev–Trinajstić information content (AvgIpc) is 2.95. The number of aromatic amines is 1. The van der Waals surface area contributed by atoms with Gasteiger partial charge in [-0.2, -0.15) is 5.10 Å². The van der Waals surface area contributed by atoms with Crippen LogP contribution in [0.15, 0.2) is 6.07 Å². The second-order valence-electron chi connectivity index (χ2n) is 5.79. The van der Waals surface area contributed by atoms with Gasteiger partial charge in [-0.25, -0.2) is 0 Å². The van der Waals surface area contributed by atoms with Gasteiger partial charge in [0.05, 0.1) is 19.8 Å². The van der Waals surface area contributed by atoms with Gasteiger partial charge in [-0.3, -0.25) is 14.8 Å². The lowest BCUT2D eigenvalue weighted by Gasteiger charge is -2.34. The molecule has 2 fully saturated rings. The van der Waals surface area contributed by atoms with Crippen LogP contribution in [0.4, 0.5) is 5.82 Å². The molecule has 3 heterocycles. The molecule has 116 valence electrons. The third-order valence-electron chi connectivity index (χ3n) is 4.37. The third kappa shape index (κ3) is 3.54. The second kappa shape index (κ2) is 6.44. The van der Waals surface area contributed by atoms with Crippen LogP contribution in [-0.2, 0) is 9.53 Å². The Bertz CT molecular complexity index is 475. The number of nitrogens with two attached hydrogens (primary N) is 1. The molecular formula is C14H23N5O2. The van der Waals surface area contributed by atoms with E-state index >= 15 is 0 Å².